The van der Waals surface area contributed by atoms with Crippen LogP contribution in [0.1, 0.15) is 5.56 Å². The molecule has 2 aromatic rings. The second-order valence-corrected chi connectivity index (χ2v) is 6.17. The Hall–Kier alpha value is -1.77. The van der Waals surface area contributed by atoms with Crippen LogP contribution in [0, 0.1) is 0 Å². The predicted octanol–water partition coefficient (Wildman–Crippen LogP) is 2.76. The number of nitrogens with one attached hydrogen (secondary N) is 1. The minimum Gasteiger partial charge on any atom is -0.360 e. The molecule has 0 spiro atoms. The van der Waals surface area contributed by atoms with E-state index in [0.29, 0.717) is 0 Å². The SMILES string of the molecule is Clc1cccc(N2CC[NH+](C/C=C/c3ccccc3)CC2)c1. The molecule has 22 heavy (non-hydrogen) atoms. The van der Waals surface area contributed by atoms with E-state index in [2.05, 4.69) is 59.5 Å². The Balaban J connectivity index is 1.49. The smallest absolute Gasteiger partial charge is 0.0962 e. The minimum atomic E-state index is 0.818. The fourth-order valence-corrected chi connectivity index (χ4v) is 3.07. The number of piperazine rings is 1. The molecule has 0 unspecified atom stereocenters. The third-order valence-corrected chi connectivity index (χ3v) is 4.40. The number of quaternary nitrogens is 1. The first kappa shape index (κ1) is 15.1. The number of halogens is 1. The molecule has 1 N–H and O–H groups in total. The summed E-state index contributed by atoms with van der Waals surface area (Å²) in [6, 6.07) is 18.7. The van der Waals surface area contributed by atoms with Crippen molar-refractivity contribution >= 4 is 23.4 Å². The Bertz CT molecular complexity index is 616. The summed E-state index contributed by atoms with van der Waals surface area (Å²) >= 11 is 6.08. The van der Waals surface area contributed by atoms with E-state index in [1.54, 1.807) is 4.90 Å². The minimum absolute atomic E-state index is 0.818. The number of rotatable bonds is 4. The van der Waals surface area contributed by atoms with Crippen molar-refractivity contribution < 1.29 is 4.90 Å². The topological polar surface area (TPSA) is 7.68 Å². The zero-order valence-electron chi connectivity index (χ0n) is 12.7. The number of hydrogen-bond donors (Lipinski definition) is 1. The maximum absolute atomic E-state index is 6.08. The Kier molecular flexibility index (Phi) is 5.15. The summed E-state index contributed by atoms with van der Waals surface area (Å²) < 4.78 is 0. The van der Waals surface area contributed by atoms with Crippen molar-refractivity contribution in [3.8, 4) is 0 Å². The van der Waals surface area contributed by atoms with Crippen LogP contribution in [-0.2, 0) is 0 Å². The molecular weight excluding hydrogens is 292 g/mol. The lowest BCUT2D eigenvalue weighted by Gasteiger charge is -2.33. The van der Waals surface area contributed by atoms with Gasteiger partial charge in [-0.2, -0.15) is 0 Å². The van der Waals surface area contributed by atoms with Crippen LogP contribution < -0.4 is 9.80 Å². The standard InChI is InChI=1S/C19H21ClN2/c20-18-9-4-10-19(16-18)22-14-12-21(13-15-22)11-5-8-17-6-2-1-3-7-17/h1-10,16H,11-15H2/p+1/b8-5+. The van der Waals surface area contributed by atoms with Gasteiger partial charge in [0.2, 0.25) is 0 Å². The van der Waals surface area contributed by atoms with E-state index < -0.39 is 0 Å². The molecule has 1 heterocycles. The van der Waals surface area contributed by atoms with E-state index in [-0.39, 0.29) is 0 Å². The number of nitrogens with zero attached hydrogens (tertiary/aromatic N) is 1. The van der Waals surface area contributed by atoms with Gasteiger partial charge in [-0.15, -0.1) is 0 Å². The molecule has 0 radical (unpaired) electrons. The highest BCUT2D eigenvalue weighted by Crippen LogP contribution is 2.19. The van der Waals surface area contributed by atoms with E-state index >= 15 is 0 Å². The molecule has 1 fully saturated rings. The zero-order chi connectivity index (χ0) is 15.2. The molecule has 0 aromatic heterocycles. The van der Waals surface area contributed by atoms with E-state index in [1.807, 2.05) is 12.1 Å². The molecule has 2 nitrogen and oxygen atoms in total. The zero-order valence-corrected chi connectivity index (χ0v) is 13.5. The van der Waals surface area contributed by atoms with Crippen molar-refractivity contribution in [2.45, 2.75) is 0 Å². The highest BCUT2D eigenvalue weighted by Gasteiger charge is 2.19. The van der Waals surface area contributed by atoms with Crippen molar-refractivity contribution in [2.24, 2.45) is 0 Å². The highest BCUT2D eigenvalue weighted by atomic mass is 35.5. The van der Waals surface area contributed by atoms with Crippen LogP contribution in [0.15, 0.2) is 60.7 Å². The van der Waals surface area contributed by atoms with Gasteiger partial charge in [-0.05, 0) is 29.8 Å². The Morgan fingerprint density at radius 1 is 1.00 bits per heavy atom. The van der Waals surface area contributed by atoms with E-state index in [1.165, 1.54) is 24.3 Å². The fourth-order valence-electron chi connectivity index (χ4n) is 2.88. The lowest BCUT2D eigenvalue weighted by Crippen LogP contribution is -3.14. The van der Waals surface area contributed by atoms with Gasteiger partial charge in [-0.1, -0.05) is 54.1 Å². The summed E-state index contributed by atoms with van der Waals surface area (Å²) in [5.41, 5.74) is 2.52. The van der Waals surface area contributed by atoms with Crippen molar-refractivity contribution in [2.75, 3.05) is 37.6 Å². The summed E-state index contributed by atoms with van der Waals surface area (Å²) in [7, 11) is 0. The Labute approximate surface area is 137 Å². The van der Waals surface area contributed by atoms with Gasteiger partial charge >= 0.3 is 0 Å². The molecular formula is C19H22ClN2+. The molecule has 1 saturated heterocycles. The van der Waals surface area contributed by atoms with Crippen LogP contribution in [-0.4, -0.2) is 32.7 Å². The summed E-state index contributed by atoms with van der Waals surface area (Å²) in [5, 5.41) is 0.818. The molecule has 0 amide bonds. The van der Waals surface area contributed by atoms with Crippen molar-refractivity contribution in [3.63, 3.8) is 0 Å². The summed E-state index contributed by atoms with van der Waals surface area (Å²) in [6.45, 7) is 5.62. The van der Waals surface area contributed by atoms with Crippen LogP contribution in [0.2, 0.25) is 5.02 Å². The average molecular weight is 314 g/mol. The average Bonchev–Trinajstić information content (AvgIpc) is 2.56. The highest BCUT2D eigenvalue weighted by molar-refractivity contribution is 6.30. The summed E-state index contributed by atoms with van der Waals surface area (Å²) in [4.78, 5) is 4.07. The van der Waals surface area contributed by atoms with Gasteiger partial charge in [0.25, 0.3) is 0 Å². The fraction of sp³-hybridized carbons (Fsp3) is 0.263. The van der Waals surface area contributed by atoms with Crippen LogP contribution in [0.25, 0.3) is 6.08 Å². The molecule has 1 aliphatic heterocycles. The first-order valence-corrected chi connectivity index (χ1v) is 8.25. The number of benzene rings is 2. The van der Waals surface area contributed by atoms with Crippen LogP contribution in [0.3, 0.4) is 0 Å². The number of hydrogen-bond acceptors (Lipinski definition) is 1. The van der Waals surface area contributed by atoms with Gasteiger partial charge in [-0.3, -0.25) is 0 Å². The second kappa shape index (κ2) is 7.48. The van der Waals surface area contributed by atoms with E-state index in [4.69, 9.17) is 11.6 Å². The molecule has 3 rings (SSSR count). The monoisotopic (exact) mass is 313 g/mol. The van der Waals surface area contributed by atoms with Crippen molar-refractivity contribution in [3.05, 3.63) is 71.3 Å². The largest absolute Gasteiger partial charge is 0.360 e. The van der Waals surface area contributed by atoms with Gasteiger partial charge in [-0.25, -0.2) is 0 Å². The van der Waals surface area contributed by atoms with Crippen molar-refractivity contribution in [1.82, 2.24) is 0 Å². The van der Waals surface area contributed by atoms with Gasteiger partial charge < -0.3 is 9.80 Å². The molecule has 3 heteroatoms. The van der Waals surface area contributed by atoms with E-state index in [9.17, 15) is 0 Å². The lowest BCUT2D eigenvalue weighted by atomic mass is 10.2. The molecule has 0 aliphatic carbocycles. The van der Waals surface area contributed by atoms with Gasteiger partial charge in [0.05, 0.1) is 32.7 Å². The molecule has 2 aromatic carbocycles. The molecule has 1 aliphatic rings. The predicted molar refractivity (Wildman–Crippen MR) is 94.7 cm³/mol. The second-order valence-electron chi connectivity index (χ2n) is 5.73. The van der Waals surface area contributed by atoms with Gasteiger partial charge in [0.15, 0.2) is 0 Å². The normalized spacial score (nSPS) is 16.3. The third kappa shape index (κ3) is 4.12. The van der Waals surface area contributed by atoms with Crippen LogP contribution in [0.4, 0.5) is 5.69 Å². The van der Waals surface area contributed by atoms with Crippen molar-refractivity contribution in [1.29, 1.82) is 0 Å². The summed E-state index contributed by atoms with van der Waals surface area (Å²) in [6.07, 6.45) is 4.51. The van der Waals surface area contributed by atoms with Gasteiger partial charge in [0.1, 0.15) is 0 Å². The van der Waals surface area contributed by atoms with Crippen LogP contribution in [0.5, 0.6) is 0 Å². The Morgan fingerprint density at radius 3 is 2.50 bits per heavy atom. The van der Waals surface area contributed by atoms with Gasteiger partial charge in [0, 0.05) is 10.7 Å². The Morgan fingerprint density at radius 2 is 1.77 bits per heavy atom. The first-order valence-electron chi connectivity index (χ1n) is 7.87. The quantitative estimate of drug-likeness (QED) is 0.912. The van der Waals surface area contributed by atoms with Crippen LogP contribution >= 0.6 is 11.6 Å². The number of anilines is 1. The molecule has 114 valence electrons. The first-order chi connectivity index (χ1) is 10.8. The third-order valence-electron chi connectivity index (χ3n) is 4.16. The molecule has 0 bridgehead atoms. The molecule has 0 saturated carbocycles. The van der Waals surface area contributed by atoms with E-state index in [0.717, 1.165) is 24.7 Å². The maximum Gasteiger partial charge on any atom is 0.0962 e. The lowest BCUT2D eigenvalue weighted by molar-refractivity contribution is -0.894. The maximum atomic E-state index is 6.08. The molecule has 0 atom stereocenters. The summed E-state index contributed by atoms with van der Waals surface area (Å²) in [5.74, 6) is 0.